The van der Waals surface area contributed by atoms with Crippen LogP contribution in [0, 0.1) is 0 Å². The van der Waals surface area contributed by atoms with Crippen molar-refractivity contribution in [3.05, 3.63) is 67.1 Å². The van der Waals surface area contributed by atoms with Crippen LogP contribution < -0.4 is 11.3 Å². The van der Waals surface area contributed by atoms with E-state index in [1.165, 1.54) is 0 Å². The molecule has 0 fully saturated rings. The van der Waals surface area contributed by atoms with Crippen LogP contribution in [0.15, 0.2) is 40.9 Å². The van der Waals surface area contributed by atoms with Crippen LogP contribution in [0.25, 0.3) is 0 Å². The van der Waals surface area contributed by atoms with Gasteiger partial charge >= 0.3 is 0 Å². The maximum Gasteiger partial charge on any atom is 0.0640 e. The van der Waals surface area contributed by atoms with Gasteiger partial charge in [0.05, 0.1) is 16.1 Å². The Hall–Kier alpha value is -0.290. The Labute approximate surface area is 141 Å². The average Bonchev–Trinajstić information content (AvgIpc) is 2.42. The van der Waals surface area contributed by atoms with Crippen LogP contribution in [-0.4, -0.2) is 0 Å². The molecule has 0 aromatic heterocycles. The summed E-state index contributed by atoms with van der Waals surface area (Å²) in [5.74, 6) is 5.65. The van der Waals surface area contributed by atoms with Gasteiger partial charge in [-0.1, -0.05) is 68.9 Å². The number of halogens is 4. The topological polar surface area (TPSA) is 38.0 Å². The molecule has 1 atom stereocenters. The Morgan fingerprint density at radius 1 is 1.10 bits per heavy atom. The van der Waals surface area contributed by atoms with Crippen molar-refractivity contribution in [2.24, 2.45) is 5.84 Å². The number of benzene rings is 2. The van der Waals surface area contributed by atoms with Crippen LogP contribution in [0.4, 0.5) is 0 Å². The molecule has 106 valence electrons. The van der Waals surface area contributed by atoms with E-state index in [4.69, 9.17) is 40.6 Å². The van der Waals surface area contributed by atoms with Crippen molar-refractivity contribution in [3.8, 4) is 0 Å². The summed E-state index contributed by atoms with van der Waals surface area (Å²) in [6.07, 6.45) is 0.614. The molecule has 0 aliphatic carbocycles. The zero-order chi connectivity index (χ0) is 14.7. The molecule has 3 N–H and O–H groups in total. The van der Waals surface area contributed by atoms with Crippen molar-refractivity contribution < 1.29 is 0 Å². The monoisotopic (exact) mass is 392 g/mol. The summed E-state index contributed by atoms with van der Waals surface area (Å²) in [6, 6.07) is 11.1. The molecule has 2 aromatic carbocycles. The zero-order valence-electron chi connectivity index (χ0n) is 10.3. The molecule has 0 saturated heterocycles. The summed E-state index contributed by atoms with van der Waals surface area (Å²) in [7, 11) is 0. The van der Waals surface area contributed by atoms with E-state index < -0.39 is 0 Å². The molecule has 2 aromatic rings. The molecule has 0 radical (unpaired) electrons. The van der Waals surface area contributed by atoms with E-state index in [9.17, 15) is 0 Å². The van der Waals surface area contributed by atoms with Gasteiger partial charge in [0.1, 0.15) is 0 Å². The minimum atomic E-state index is -0.167. The minimum absolute atomic E-state index is 0.167. The highest BCUT2D eigenvalue weighted by atomic mass is 79.9. The van der Waals surface area contributed by atoms with Gasteiger partial charge in [-0.05, 0) is 35.7 Å². The third-order valence-electron chi connectivity index (χ3n) is 3.00. The minimum Gasteiger partial charge on any atom is -0.271 e. The van der Waals surface area contributed by atoms with E-state index >= 15 is 0 Å². The Kier molecular flexibility index (Phi) is 5.73. The Morgan fingerprint density at radius 2 is 1.85 bits per heavy atom. The molecule has 2 nitrogen and oxygen atoms in total. The lowest BCUT2D eigenvalue weighted by molar-refractivity contribution is 0.552. The fraction of sp³-hybridized carbons (Fsp3) is 0.143. The second-order valence-corrected chi connectivity index (χ2v) is 6.41. The Morgan fingerprint density at radius 3 is 2.50 bits per heavy atom. The predicted octanol–water partition coefficient (Wildman–Crippen LogP) is 5.16. The predicted molar refractivity (Wildman–Crippen MR) is 89.4 cm³/mol. The molecular formula is C14H12BrCl3N2. The number of hydrazine groups is 1. The maximum absolute atomic E-state index is 6.23. The van der Waals surface area contributed by atoms with Crippen molar-refractivity contribution in [1.82, 2.24) is 5.43 Å². The van der Waals surface area contributed by atoms with Crippen LogP contribution in [-0.2, 0) is 6.42 Å². The largest absolute Gasteiger partial charge is 0.271 e. The molecule has 0 aliphatic heterocycles. The van der Waals surface area contributed by atoms with Crippen LogP contribution >= 0.6 is 50.7 Å². The molecule has 0 aliphatic rings. The van der Waals surface area contributed by atoms with Gasteiger partial charge in [-0.15, -0.1) is 0 Å². The number of hydrogen-bond donors (Lipinski definition) is 2. The third-order valence-corrected chi connectivity index (χ3v) is 4.68. The third kappa shape index (κ3) is 3.67. The Balaban J connectivity index is 2.31. The first-order chi connectivity index (χ1) is 9.52. The average molecular weight is 395 g/mol. The SMILES string of the molecule is NNC(Cc1ccc(Br)cc1Cl)c1cccc(Cl)c1Cl. The summed E-state index contributed by atoms with van der Waals surface area (Å²) < 4.78 is 0.935. The van der Waals surface area contributed by atoms with Crippen LogP contribution in [0.5, 0.6) is 0 Å². The fourth-order valence-electron chi connectivity index (χ4n) is 1.96. The van der Waals surface area contributed by atoms with Gasteiger partial charge in [-0.2, -0.15) is 0 Å². The second-order valence-electron chi connectivity index (χ2n) is 4.30. The molecular weight excluding hydrogens is 382 g/mol. The van der Waals surface area contributed by atoms with Gasteiger partial charge in [-0.3, -0.25) is 11.3 Å². The number of rotatable bonds is 4. The van der Waals surface area contributed by atoms with Gasteiger partial charge in [0.2, 0.25) is 0 Å². The smallest absolute Gasteiger partial charge is 0.0640 e. The first-order valence-electron chi connectivity index (χ1n) is 5.87. The molecule has 0 heterocycles. The highest BCUT2D eigenvalue weighted by Crippen LogP contribution is 2.32. The Bertz CT molecular complexity index is 619. The summed E-state index contributed by atoms with van der Waals surface area (Å²) in [5.41, 5.74) is 4.59. The zero-order valence-corrected chi connectivity index (χ0v) is 14.2. The van der Waals surface area contributed by atoms with E-state index in [1.54, 1.807) is 6.07 Å². The molecule has 0 spiro atoms. The van der Waals surface area contributed by atoms with Gasteiger partial charge in [0, 0.05) is 9.50 Å². The lowest BCUT2D eigenvalue weighted by atomic mass is 9.99. The first kappa shape index (κ1) is 16.1. The number of nitrogens with two attached hydrogens (primary N) is 1. The van der Waals surface area contributed by atoms with Gasteiger partial charge in [0.15, 0.2) is 0 Å². The van der Waals surface area contributed by atoms with E-state index in [-0.39, 0.29) is 6.04 Å². The quantitative estimate of drug-likeness (QED) is 0.555. The molecule has 20 heavy (non-hydrogen) atoms. The summed E-state index contributed by atoms with van der Waals surface area (Å²) >= 11 is 21.9. The van der Waals surface area contributed by atoms with Crippen molar-refractivity contribution in [3.63, 3.8) is 0 Å². The number of hydrogen-bond acceptors (Lipinski definition) is 2. The van der Waals surface area contributed by atoms with Gasteiger partial charge < -0.3 is 0 Å². The van der Waals surface area contributed by atoms with Gasteiger partial charge in [0.25, 0.3) is 0 Å². The molecule has 2 rings (SSSR count). The molecule has 1 unspecified atom stereocenters. The maximum atomic E-state index is 6.23. The van der Waals surface area contributed by atoms with E-state index in [1.807, 2.05) is 30.3 Å². The molecule has 0 amide bonds. The van der Waals surface area contributed by atoms with Crippen molar-refractivity contribution in [2.75, 3.05) is 0 Å². The summed E-state index contributed by atoms with van der Waals surface area (Å²) in [4.78, 5) is 0. The summed E-state index contributed by atoms with van der Waals surface area (Å²) in [6.45, 7) is 0. The second kappa shape index (κ2) is 7.12. The van der Waals surface area contributed by atoms with Crippen LogP contribution in [0.2, 0.25) is 15.1 Å². The van der Waals surface area contributed by atoms with Crippen LogP contribution in [0.1, 0.15) is 17.2 Å². The highest BCUT2D eigenvalue weighted by molar-refractivity contribution is 9.10. The molecule has 6 heteroatoms. The molecule has 0 bridgehead atoms. The summed E-state index contributed by atoms with van der Waals surface area (Å²) in [5, 5.41) is 1.69. The highest BCUT2D eigenvalue weighted by Gasteiger charge is 2.17. The van der Waals surface area contributed by atoms with E-state index in [2.05, 4.69) is 21.4 Å². The normalized spacial score (nSPS) is 12.4. The van der Waals surface area contributed by atoms with E-state index in [0.717, 1.165) is 15.6 Å². The van der Waals surface area contributed by atoms with Crippen LogP contribution in [0.3, 0.4) is 0 Å². The fourth-order valence-corrected chi connectivity index (χ4v) is 3.15. The van der Waals surface area contributed by atoms with Crippen molar-refractivity contribution >= 4 is 50.7 Å². The van der Waals surface area contributed by atoms with Crippen molar-refractivity contribution in [1.29, 1.82) is 0 Å². The van der Waals surface area contributed by atoms with Gasteiger partial charge in [-0.25, -0.2) is 0 Å². The van der Waals surface area contributed by atoms with E-state index in [0.29, 0.717) is 21.5 Å². The standard InChI is InChI=1S/C14H12BrCl3N2/c15-9-5-4-8(12(17)7-9)6-13(20-19)10-2-1-3-11(16)14(10)18/h1-5,7,13,20H,6,19H2. The van der Waals surface area contributed by atoms with Crippen molar-refractivity contribution in [2.45, 2.75) is 12.5 Å². The molecule has 0 saturated carbocycles. The number of nitrogens with one attached hydrogen (secondary N) is 1. The first-order valence-corrected chi connectivity index (χ1v) is 7.79. The lowest BCUT2D eigenvalue weighted by Crippen LogP contribution is -2.29. The lowest BCUT2D eigenvalue weighted by Gasteiger charge is -2.19.